The molecule has 2 rings (SSSR count). The normalized spacial score (nSPS) is 20.5. The molecule has 0 saturated heterocycles. The van der Waals surface area contributed by atoms with E-state index in [2.05, 4.69) is 42.6 Å². The SMILES string of the molecule is CC(C)n1cncc1CNC1CCC(C)(C)CC1. The minimum absolute atomic E-state index is 0.495. The summed E-state index contributed by atoms with van der Waals surface area (Å²) in [6, 6.07) is 1.18. The smallest absolute Gasteiger partial charge is 0.0951 e. The second kappa shape index (κ2) is 5.43. The molecule has 0 aromatic carbocycles. The van der Waals surface area contributed by atoms with Crippen LogP contribution < -0.4 is 5.32 Å². The van der Waals surface area contributed by atoms with Crippen LogP contribution in [0.4, 0.5) is 0 Å². The van der Waals surface area contributed by atoms with Gasteiger partial charge in [-0.25, -0.2) is 4.98 Å². The molecule has 3 heteroatoms. The molecule has 1 aliphatic rings. The van der Waals surface area contributed by atoms with Crippen LogP contribution in [-0.2, 0) is 6.54 Å². The van der Waals surface area contributed by atoms with Crippen LogP contribution in [-0.4, -0.2) is 15.6 Å². The highest BCUT2D eigenvalue weighted by Crippen LogP contribution is 2.35. The van der Waals surface area contributed by atoms with Gasteiger partial charge in [-0.1, -0.05) is 13.8 Å². The standard InChI is InChI=1S/C15H27N3/c1-12(2)18-11-16-9-14(18)10-17-13-5-7-15(3,4)8-6-13/h9,11-13,17H,5-8,10H2,1-4H3. The molecule has 1 aromatic rings. The van der Waals surface area contributed by atoms with E-state index in [1.807, 2.05) is 12.5 Å². The summed E-state index contributed by atoms with van der Waals surface area (Å²) in [6.07, 6.45) is 9.22. The minimum Gasteiger partial charge on any atom is -0.331 e. The molecule has 1 aromatic heterocycles. The maximum absolute atomic E-state index is 4.25. The Morgan fingerprint density at radius 3 is 2.67 bits per heavy atom. The fraction of sp³-hybridized carbons (Fsp3) is 0.800. The second-order valence-electron chi connectivity index (χ2n) is 6.71. The van der Waals surface area contributed by atoms with Gasteiger partial charge >= 0.3 is 0 Å². The average molecular weight is 249 g/mol. The van der Waals surface area contributed by atoms with Crippen molar-refractivity contribution in [2.45, 2.75) is 72.0 Å². The Bertz CT molecular complexity index is 369. The number of hydrogen-bond donors (Lipinski definition) is 1. The Morgan fingerprint density at radius 1 is 1.39 bits per heavy atom. The number of nitrogens with zero attached hydrogens (tertiary/aromatic N) is 2. The number of aromatic nitrogens is 2. The maximum atomic E-state index is 4.25. The Labute approximate surface area is 111 Å². The van der Waals surface area contributed by atoms with Crippen molar-refractivity contribution in [2.24, 2.45) is 5.41 Å². The summed E-state index contributed by atoms with van der Waals surface area (Å²) in [6.45, 7) is 10.1. The second-order valence-corrected chi connectivity index (χ2v) is 6.71. The Morgan fingerprint density at radius 2 is 2.06 bits per heavy atom. The average Bonchev–Trinajstić information content (AvgIpc) is 2.76. The molecule has 1 heterocycles. The lowest BCUT2D eigenvalue weighted by Gasteiger charge is -2.34. The summed E-state index contributed by atoms with van der Waals surface area (Å²) >= 11 is 0. The van der Waals surface area contributed by atoms with Crippen molar-refractivity contribution in [1.82, 2.24) is 14.9 Å². The lowest BCUT2D eigenvalue weighted by Crippen LogP contribution is -2.35. The highest BCUT2D eigenvalue weighted by atomic mass is 15.1. The molecule has 0 radical (unpaired) electrons. The van der Waals surface area contributed by atoms with Gasteiger partial charge < -0.3 is 9.88 Å². The van der Waals surface area contributed by atoms with E-state index in [0.717, 1.165) is 6.54 Å². The highest BCUT2D eigenvalue weighted by Gasteiger charge is 2.26. The summed E-state index contributed by atoms with van der Waals surface area (Å²) in [4.78, 5) is 4.25. The Balaban J connectivity index is 1.83. The van der Waals surface area contributed by atoms with Gasteiger partial charge in [0.25, 0.3) is 0 Å². The molecule has 3 nitrogen and oxygen atoms in total. The molecule has 0 atom stereocenters. The molecule has 0 aliphatic heterocycles. The summed E-state index contributed by atoms with van der Waals surface area (Å²) in [7, 11) is 0. The van der Waals surface area contributed by atoms with Crippen LogP contribution in [0.1, 0.15) is 65.1 Å². The molecule has 1 fully saturated rings. The van der Waals surface area contributed by atoms with Gasteiger partial charge in [-0.2, -0.15) is 0 Å². The summed E-state index contributed by atoms with van der Waals surface area (Å²) < 4.78 is 2.25. The van der Waals surface area contributed by atoms with Crippen LogP contribution in [0.3, 0.4) is 0 Å². The lowest BCUT2D eigenvalue weighted by molar-refractivity contribution is 0.205. The fourth-order valence-electron chi connectivity index (χ4n) is 2.79. The first kappa shape index (κ1) is 13.6. The van der Waals surface area contributed by atoms with Crippen LogP contribution in [0.5, 0.6) is 0 Å². The van der Waals surface area contributed by atoms with Crippen LogP contribution in [0.2, 0.25) is 0 Å². The van der Waals surface area contributed by atoms with Crippen LogP contribution in [0.25, 0.3) is 0 Å². The minimum atomic E-state index is 0.495. The number of imidazole rings is 1. The van der Waals surface area contributed by atoms with Gasteiger partial charge in [0.15, 0.2) is 0 Å². The van der Waals surface area contributed by atoms with Gasteiger partial charge in [0.1, 0.15) is 0 Å². The van der Waals surface area contributed by atoms with E-state index in [-0.39, 0.29) is 0 Å². The Kier molecular flexibility index (Phi) is 4.10. The maximum Gasteiger partial charge on any atom is 0.0951 e. The van der Waals surface area contributed by atoms with Crippen molar-refractivity contribution >= 4 is 0 Å². The molecule has 1 saturated carbocycles. The van der Waals surface area contributed by atoms with Gasteiger partial charge in [-0.05, 0) is 44.9 Å². The number of nitrogens with one attached hydrogen (secondary N) is 1. The van der Waals surface area contributed by atoms with Crippen molar-refractivity contribution < 1.29 is 0 Å². The van der Waals surface area contributed by atoms with Crippen molar-refractivity contribution in [3.63, 3.8) is 0 Å². The number of rotatable bonds is 4. The van der Waals surface area contributed by atoms with E-state index in [1.54, 1.807) is 0 Å². The zero-order chi connectivity index (χ0) is 13.2. The van der Waals surface area contributed by atoms with Crippen molar-refractivity contribution in [3.05, 3.63) is 18.2 Å². The summed E-state index contributed by atoms with van der Waals surface area (Å²) in [5.41, 5.74) is 1.85. The molecule has 0 unspecified atom stereocenters. The zero-order valence-corrected chi connectivity index (χ0v) is 12.2. The predicted molar refractivity (Wildman–Crippen MR) is 75.5 cm³/mol. The predicted octanol–water partition coefficient (Wildman–Crippen LogP) is 3.52. The molecular weight excluding hydrogens is 222 g/mol. The lowest BCUT2D eigenvalue weighted by atomic mass is 9.75. The molecule has 0 amide bonds. The molecule has 18 heavy (non-hydrogen) atoms. The molecule has 0 bridgehead atoms. The molecule has 0 spiro atoms. The third-order valence-electron chi connectivity index (χ3n) is 4.21. The van der Waals surface area contributed by atoms with Crippen LogP contribution in [0, 0.1) is 5.41 Å². The van der Waals surface area contributed by atoms with Gasteiger partial charge in [0.2, 0.25) is 0 Å². The van der Waals surface area contributed by atoms with Crippen LogP contribution >= 0.6 is 0 Å². The van der Waals surface area contributed by atoms with Crippen molar-refractivity contribution in [1.29, 1.82) is 0 Å². The third-order valence-corrected chi connectivity index (χ3v) is 4.21. The highest BCUT2D eigenvalue weighted by molar-refractivity contribution is 5.00. The first-order valence-electron chi connectivity index (χ1n) is 7.22. The van der Waals surface area contributed by atoms with Gasteiger partial charge in [-0.3, -0.25) is 0 Å². The van der Waals surface area contributed by atoms with E-state index < -0.39 is 0 Å². The van der Waals surface area contributed by atoms with E-state index in [1.165, 1.54) is 31.4 Å². The van der Waals surface area contributed by atoms with Crippen LogP contribution in [0.15, 0.2) is 12.5 Å². The third kappa shape index (κ3) is 3.35. The van der Waals surface area contributed by atoms with Gasteiger partial charge in [0.05, 0.1) is 12.0 Å². The van der Waals surface area contributed by atoms with Gasteiger partial charge in [-0.15, -0.1) is 0 Å². The van der Waals surface area contributed by atoms with E-state index in [4.69, 9.17) is 0 Å². The molecule has 1 aliphatic carbocycles. The number of hydrogen-bond acceptors (Lipinski definition) is 2. The first-order valence-corrected chi connectivity index (χ1v) is 7.22. The molecule has 1 N–H and O–H groups in total. The van der Waals surface area contributed by atoms with E-state index in [0.29, 0.717) is 17.5 Å². The largest absolute Gasteiger partial charge is 0.331 e. The topological polar surface area (TPSA) is 29.9 Å². The monoisotopic (exact) mass is 249 g/mol. The fourth-order valence-corrected chi connectivity index (χ4v) is 2.79. The van der Waals surface area contributed by atoms with E-state index in [9.17, 15) is 0 Å². The van der Waals surface area contributed by atoms with E-state index >= 15 is 0 Å². The zero-order valence-electron chi connectivity index (χ0n) is 12.2. The van der Waals surface area contributed by atoms with Crippen molar-refractivity contribution in [3.8, 4) is 0 Å². The Hall–Kier alpha value is -0.830. The summed E-state index contributed by atoms with van der Waals surface area (Å²) in [5.74, 6) is 0. The molecule has 102 valence electrons. The quantitative estimate of drug-likeness (QED) is 0.884. The van der Waals surface area contributed by atoms with Crippen molar-refractivity contribution in [2.75, 3.05) is 0 Å². The molecular formula is C15H27N3. The van der Waals surface area contributed by atoms with Gasteiger partial charge in [0, 0.05) is 24.8 Å². The summed E-state index contributed by atoms with van der Waals surface area (Å²) in [5, 5.41) is 3.70. The first-order chi connectivity index (χ1) is 8.48.